The van der Waals surface area contributed by atoms with Crippen LogP contribution in [-0.4, -0.2) is 61.6 Å². The Kier molecular flexibility index (Phi) is 9.54. The summed E-state index contributed by atoms with van der Waals surface area (Å²) in [5, 5.41) is 11.0. The van der Waals surface area contributed by atoms with E-state index in [-0.39, 0.29) is 0 Å². The fourth-order valence-electron chi connectivity index (χ4n) is 4.98. The Morgan fingerprint density at radius 3 is 2.57 bits per heavy atom. The lowest BCUT2D eigenvalue weighted by atomic mass is 9.90. The first-order valence-electron chi connectivity index (χ1n) is 12.7. The summed E-state index contributed by atoms with van der Waals surface area (Å²) >= 11 is 6.49. The van der Waals surface area contributed by atoms with E-state index in [9.17, 15) is 4.39 Å². The second kappa shape index (κ2) is 12.8. The van der Waals surface area contributed by atoms with Crippen molar-refractivity contribution in [3.63, 3.8) is 0 Å². The topological polar surface area (TPSA) is 80.3 Å². The van der Waals surface area contributed by atoms with Gasteiger partial charge in [-0.2, -0.15) is 4.39 Å². The van der Waals surface area contributed by atoms with Gasteiger partial charge in [-0.05, 0) is 63.5 Å². The minimum Gasteiger partial charge on any atom is -0.383 e. The van der Waals surface area contributed by atoms with Crippen molar-refractivity contribution >= 4 is 23.1 Å². The molecule has 0 spiro atoms. The van der Waals surface area contributed by atoms with Gasteiger partial charge in [-0.1, -0.05) is 11.6 Å². The van der Waals surface area contributed by atoms with Crippen molar-refractivity contribution in [2.45, 2.75) is 63.6 Å². The lowest BCUT2D eigenvalue weighted by molar-refractivity contribution is 0.0699. The molecular weight excluding hydrogens is 469 g/mol. The third kappa shape index (κ3) is 7.49. The number of nitrogens with one attached hydrogen (secondary N) is 3. The summed E-state index contributed by atoms with van der Waals surface area (Å²) in [6.07, 6.45) is 9.49. The van der Waals surface area contributed by atoms with Crippen molar-refractivity contribution < 1.29 is 13.9 Å². The molecule has 2 fully saturated rings. The first kappa shape index (κ1) is 26.1. The molecule has 192 valence electrons. The number of rotatable bonds is 10. The van der Waals surface area contributed by atoms with Crippen LogP contribution < -0.4 is 16.0 Å². The summed E-state index contributed by atoms with van der Waals surface area (Å²) in [6.45, 7) is 5.11. The minimum absolute atomic E-state index is 0.357. The number of halogens is 2. The van der Waals surface area contributed by atoms with Crippen LogP contribution in [-0.2, 0) is 9.47 Å². The highest BCUT2D eigenvalue weighted by molar-refractivity contribution is 6.33. The Labute approximate surface area is 212 Å². The van der Waals surface area contributed by atoms with E-state index in [4.69, 9.17) is 21.1 Å². The molecular formula is C26H37ClFN5O2. The van der Waals surface area contributed by atoms with Gasteiger partial charge in [0.05, 0.1) is 17.3 Å². The van der Waals surface area contributed by atoms with E-state index in [0.29, 0.717) is 41.3 Å². The normalized spacial score (nSPS) is 22.1. The lowest BCUT2D eigenvalue weighted by Crippen LogP contribution is -2.42. The average molecular weight is 506 g/mol. The Hall–Kier alpha value is -2.00. The van der Waals surface area contributed by atoms with Gasteiger partial charge in [0, 0.05) is 68.5 Å². The number of aromatic nitrogens is 2. The zero-order chi connectivity index (χ0) is 24.6. The Bertz CT molecular complexity index is 951. The zero-order valence-corrected chi connectivity index (χ0v) is 21.4. The molecule has 1 aliphatic carbocycles. The van der Waals surface area contributed by atoms with Crippen LogP contribution in [0.1, 0.15) is 45.4 Å². The zero-order valence-electron chi connectivity index (χ0n) is 20.7. The van der Waals surface area contributed by atoms with Crippen LogP contribution >= 0.6 is 11.6 Å². The van der Waals surface area contributed by atoms with Crippen LogP contribution in [0.15, 0.2) is 24.5 Å². The third-order valence-electron chi connectivity index (χ3n) is 6.94. The lowest BCUT2D eigenvalue weighted by Gasteiger charge is -2.32. The SMILES string of the molecule is COC[C@@H](C)NC1CCC(Nc2cc(-c3cnc(F)c(NCC4CCOCC4)c3)c(Cl)cn2)CC1. The summed E-state index contributed by atoms with van der Waals surface area (Å²) in [7, 11) is 1.74. The van der Waals surface area contributed by atoms with E-state index in [1.165, 1.54) is 6.20 Å². The molecule has 3 heterocycles. The van der Waals surface area contributed by atoms with Crippen LogP contribution in [0.5, 0.6) is 0 Å². The molecule has 0 unspecified atom stereocenters. The summed E-state index contributed by atoms with van der Waals surface area (Å²) in [4.78, 5) is 8.47. The number of nitrogens with zero attached hydrogens (tertiary/aromatic N) is 2. The Morgan fingerprint density at radius 1 is 1.09 bits per heavy atom. The monoisotopic (exact) mass is 505 g/mol. The largest absolute Gasteiger partial charge is 0.383 e. The van der Waals surface area contributed by atoms with Crippen LogP contribution in [0.2, 0.25) is 5.02 Å². The van der Waals surface area contributed by atoms with Gasteiger partial charge in [-0.25, -0.2) is 9.97 Å². The molecule has 7 nitrogen and oxygen atoms in total. The van der Waals surface area contributed by atoms with Gasteiger partial charge in [0.1, 0.15) is 5.82 Å². The fraction of sp³-hybridized carbons (Fsp3) is 0.615. The molecule has 9 heteroatoms. The van der Waals surface area contributed by atoms with Crippen molar-refractivity contribution in [3.8, 4) is 11.1 Å². The number of pyridine rings is 2. The van der Waals surface area contributed by atoms with E-state index in [1.54, 1.807) is 19.4 Å². The van der Waals surface area contributed by atoms with Crippen LogP contribution in [0.3, 0.4) is 0 Å². The highest BCUT2D eigenvalue weighted by Crippen LogP contribution is 2.32. The van der Waals surface area contributed by atoms with Crippen molar-refractivity contribution in [2.75, 3.05) is 44.1 Å². The minimum atomic E-state index is -0.505. The molecule has 3 N–H and O–H groups in total. The Balaban J connectivity index is 1.37. The Morgan fingerprint density at radius 2 is 1.83 bits per heavy atom. The van der Waals surface area contributed by atoms with Gasteiger partial charge in [-0.3, -0.25) is 0 Å². The maximum Gasteiger partial charge on any atom is 0.236 e. The first-order valence-corrected chi connectivity index (χ1v) is 13.0. The van der Waals surface area contributed by atoms with Gasteiger partial charge in [-0.15, -0.1) is 0 Å². The summed E-state index contributed by atoms with van der Waals surface area (Å²) < 4.78 is 25.1. The van der Waals surface area contributed by atoms with Crippen molar-refractivity contribution in [3.05, 3.63) is 35.5 Å². The standard InChI is InChI=1S/C26H37ClFN5O2/c1-17(16-34-2)32-20-3-5-21(6-4-20)33-25-12-22(23(27)15-30-25)19-11-24(26(28)31-14-19)29-13-18-7-9-35-10-8-18/h11-12,14-15,17-18,20-21,29,32H,3-10,13,16H2,1-2H3,(H,30,33)/t17-,20?,21?/m1/s1. The van der Waals surface area contributed by atoms with E-state index in [1.807, 2.05) is 6.07 Å². The maximum absolute atomic E-state index is 14.4. The van der Waals surface area contributed by atoms with E-state index >= 15 is 0 Å². The smallest absolute Gasteiger partial charge is 0.236 e. The highest BCUT2D eigenvalue weighted by atomic mass is 35.5. The van der Waals surface area contributed by atoms with Gasteiger partial charge in [0.15, 0.2) is 0 Å². The average Bonchev–Trinajstić information content (AvgIpc) is 2.87. The molecule has 1 atom stereocenters. The van der Waals surface area contributed by atoms with Gasteiger partial charge >= 0.3 is 0 Å². The quantitative estimate of drug-likeness (QED) is 0.386. The fourth-order valence-corrected chi connectivity index (χ4v) is 5.19. The molecule has 1 saturated heterocycles. The molecule has 0 amide bonds. The van der Waals surface area contributed by atoms with Gasteiger partial charge < -0.3 is 25.4 Å². The molecule has 1 aliphatic heterocycles. The van der Waals surface area contributed by atoms with Crippen molar-refractivity contribution in [2.24, 2.45) is 5.92 Å². The molecule has 2 aromatic heterocycles. The van der Waals surface area contributed by atoms with E-state index in [0.717, 1.165) is 75.3 Å². The number of ether oxygens (including phenoxy) is 2. The molecule has 0 bridgehead atoms. The maximum atomic E-state index is 14.4. The van der Waals surface area contributed by atoms with Crippen molar-refractivity contribution in [1.29, 1.82) is 0 Å². The van der Waals surface area contributed by atoms with E-state index < -0.39 is 5.95 Å². The van der Waals surface area contributed by atoms with E-state index in [2.05, 4.69) is 32.8 Å². The van der Waals surface area contributed by atoms with Crippen LogP contribution in [0, 0.1) is 11.9 Å². The second-order valence-electron chi connectivity index (χ2n) is 9.76. The number of hydrogen-bond donors (Lipinski definition) is 3. The number of hydrogen-bond acceptors (Lipinski definition) is 7. The van der Waals surface area contributed by atoms with Gasteiger partial charge in [0.2, 0.25) is 5.95 Å². The molecule has 0 radical (unpaired) electrons. The van der Waals surface area contributed by atoms with Crippen LogP contribution in [0.25, 0.3) is 11.1 Å². The molecule has 2 aromatic rings. The molecule has 35 heavy (non-hydrogen) atoms. The first-order chi connectivity index (χ1) is 17.0. The second-order valence-corrected chi connectivity index (χ2v) is 10.2. The predicted octanol–water partition coefficient (Wildman–Crippen LogP) is 5.12. The predicted molar refractivity (Wildman–Crippen MR) is 139 cm³/mol. The summed E-state index contributed by atoms with van der Waals surface area (Å²) in [6, 6.07) is 4.95. The molecule has 1 saturated carbocycles. The summed E-state index contributed by atoms with van der Waals surface area (Å²) in [5.74, 6) is 0.740. The third-order valence-corrected chi connectivity index (χ3v) is 7.24. The molecule has 0 aromatic carbocycles. The highest BCUT2D eigenvalue weighted by Gasteiger charge is 2.23. The number of anilines is 2. The number of methoxy groups -OCH3 is 1. The van der Waals surface area contributed by atoms with Gasteiger partial charge in [0.25, 0.3) is 0 Å². The van der Waals surface area contributed by atoms with Crippen molar-refractivity contribution in [1.82, 2.24) is 15.3 Å². The summed E-state index contributed by atoms with van der Waals surface area (Å²) in [5.41, 5.74) is 1.94. The molecule has 4 rings (SSSR count). The molecule has 2 aliphatic rings. The van der Waals surface area contributed by atoms with Crippen LogP contribution in [0.4, 0.5) is 15.9 Å².